The van der Waals surface area contributed by atoms with Crippen LogP contribution < -0.4 is 10.1 Å². The lowest BCUT2D eigenvalue weighted by Gasteiger charge is -2.17. The highest BCUT2D eigenvalue weighted by Crippen LogP contribution is 2.19. The molecule has 110 valence electrons. The third-order valence-electron chi connectivity index (χ3n) is 2.90. The van der Waals surface area contributed by atoms with Gasteiger partial charge in [0, 0.05) is 11.8 Å². The molecule has 7 nitrogen and oxygen atoms in total. The molecule has 2 N–H and O–H groups in total. The zero-order valence-electron chi connectivity index (χ0n) is 11.8. The number of carbonyl (C=O) groups is 1. The molecule has 1 fully saturated rings. The fourth-order valence-electron chi connectivity index (χ4n) is 2.01. The van der Waals surface area contributed by atoms with Crippen LogP contribution in [0, 0.1) is 12.8 Å². The fraction of sp³-hybridized carbons (Fsp3) is 0.615. The molecule has 1 aromatic heterocycles. The summed E-state index contributed by atoms with van der Waals surface area (Å²) < 4.78 is 10.7. The summed E-state index contributed by atoms with van der Waals surface area (Å²) in [4.78, 5) is 19.6. The van der Waals surface area contributed by atoms with Crippen molar-refractivity contribution >= 4 is 11.9 Å². The van der Waals surface area contributed by atoms with Crippen molar-refractivity contribution in [1.82, 2.24) is 9.97 Å². The number of aryl methyl sites for hydroxylation is 1. The van der Waals surface area contributed by atoms with Gasteiger partial charge in [-0.05, 0) is 20.8 Å². The van der Waals surface area contributed by atoms with Gasteiger partial charge in [-0.25, -0.2) is 4.98 Å². The molecule has 0 saturated carbocycles. The van der Waals surface area contributed by atoms with Crippen LogP contribution in [-0.2, 0) is 9.53 Å². The quantitative estimate of drug-likeness (QED) is 0.834. The van der Waals surface area contributed by atoms with Gasteiger partial charge in [0.2, 0.25) is 11.8 Å². The lowest BCUT2D eigenvalue weighted by molar-refractivity contribution is -0.141. The molecule has 2 atom stereocenters. The summed E-state index contributed by atoms with van der Waals surface area (Å²) in [6.07, 6.45) is 0.0127. The summed E-state index contributed by atoms with van der Waals surface area (Å²) in [5.41, 5.74) is 0.754. The number of rotatable bonds is 5. The Morgan fingerprint density at radius 3 is 2.90 bits per heavy atom. The van der Waals surface area contributed by atoms with Gasteiger partial charge < -0.3 is 19.9 Å². The normalized spacial score (nSPS) is 22.0. The first-order chi connectivity index (χ1) is 9.45. The molecule has 20 heavy (non-hydrogen) atoms. The number of hydrogen-bond acceptors (Lipinski definition) is 6. The molecule has 0 amide bonds. The Kier molecular flexibility index (Phi) is 4.39. The summed E-state index contributed by atoms with van der Waals surface area (Å²) in [5, 5.41) is 12.1. The number of nitrogens with zero attached hydrogens (tertiary/aromatic N) is 2. The molecule has 1 saturated heterocycles. The van der Waals surface area contributed by atoms with Crippen molar-refractivity contribution in [3.05, 3.63) is 11.8 Å². The first kappa shape index (κ1) is 14.5. The Morgan fingerprint density at radius 2 is 2.25 bits per heavy atom. The van der Waals surface area contributed by atoms with E-state index in [1.165, 1.54) is 0 Å². The molecule has 7 heteroatoms. The van der Waals surface area contributed by atoms with Crippen LogP contribution in [0.4, 0.5) is 5.95 Å². The number of hydrogen-bond donors (Lipinski definition) is 2. The molecule has 2 unspecified atom stereocenters. The highest BCUT2D eigenvalue weighted by molar-refractivity contribution is 5.72. The highest BCUT2D eigenvalue weighted by Gasteiger charge is 2.34. The molecule has 2 rings (SSSR count). The van der Waals surface area contributed by atoms with Crippen LogP contribution in [-0.4, -0.2) is 46.4 Å². The average Bonchev–Trinajstić information content (AvgIpc) is 2.75. The molecule has 0 spiro atoms. The Balaban J connectivity index is 2.12. The standard InChI is InChI=1S/C13H19N3O4/c1-7(2)20-11-4-8(3)14-13(16-11)15-10-6-19-5-9(10)12(17)18/h4,7,9-10H,5-6H2,1-3H3,(H,17,18)(H,14,15,16). The third kappa shape index (κ3) is 3.57. The largest absolute Gasteiger partial charge is 0.481 e. The van der Waals surface area contributed by atoms with Crippen molar-refractivity contribution in [3.63, 3.8) is 0 Å². The summed E-state index contributed by atoms with van der Waals surface area (Å²) in [6.45, 7) is 6.19. The van der Waals surface area contributed by atoms with E-state index < -0.39 is 11.9 Å². The maximum absolute atomic E-state index is 11.1. The Morgan fingerprint density at radius 1 is 1.50 bits per heavy atom. The van der Waals surface area contributed by atoms with E-state index in [4.69, 9.17) is 14.6 Å². The first-order valence-corrected chi connectivity index (χ1v) is 6.55. The van der Waals surface area contributed by atoms with Gasteiger partial charge in [0.25, 0.3) is 0 Å². The number of aliphatic carboxylic acids is 1. The van der Waals surface area contributed by atoms with Gasteiger partial charge >= 0.3 is 5.97 Å². The van der Waals surface area contributed by atoms with Crippen LogP contribution in [0.2, 0.25) is 0 Å². The molecule has 2 heterocycles. The minimum absolute atomic E-state index is 0.0127. The molecular weight excluding hydrogens is 262 g/mol. The second kappa shape index (κ2) is 6.04. The monoisotopic (exact) mass is 281 g/mol. The van der Waals surface area contributed by atoms with Gasteiger partial charge in [-0.1, -0.05) is 0 Å². The van der Waals surface area contributed by atoms with Gasteiger partial charge in [0.1, 0.15) is 5.92 Å². The number of ether oxygens (including phenoxy) is 2. The molecule has 1 aliphatic rings. The maximum Gasteiger partial charge on any atom is 0.311 e. The van der Waals surface area contributed by atoms with Gasteiger partial charge in [-0.3, -0.25) is 4.79 Å². The molecular formula is C13H19N3O4. The van der Waals surface area contributed by atoms with Crippen LogP contribution in [0.5, 0.6) is 5.88 Å². The number of nitrogens with one attached hydrogen (secondary N) is 1. The van der Waals surface area contributed by atoms with Crippen molar-refractivity contribution in [1.29, 1.82) is 0 Å². The zero-order chi connectivity index (χ0) is 14.7. The van der Waals surface area contributed by atoms with E-state index in [-0.39, 0.29) is 18.8 Å². The summed E-state index contributed by atoms with van der Waals surface area (Å²) in [7, 11) is 0. The van der Waals surface area contributed by atoms with Crippen molar-refractivity contribution in [3.8, 4) is 5.88 Å². The zero-order valence-corrected chi connectivity index (χ0v) is 11.8. The summed E-state index contributed by atoms with van der Waals surface area (Å²) in [5.74, 6) is -0.636. The van der Waals surface area contributed by atoms with Gasteiger partial charge in [0.05, 0.1) is 25.4 Å². The Labute approximate surface area is 117 Å². The van der Waals surface area contributed by atoms with Crippen molar-refractivity contribution < 1.29 is 19.4 Å². The third-order valence-corrected chi connectivity index (χ3v) is 2.90. The summed E-state index contributed by atoms with van der Waals surface area (Å²) >= 11 is 0. The Bertz CT molecular complexity index is 493. The van der Waals surface area contributed by atoms with Gasteiger partial charge in [-0.15, -0.1) is 0 Å². The van der Waals surface area contributed by atoms with E-state index >= 15 is 0 Å². The second-order valence-electron chi connectivity index (χ2n) is 5.07. The van der Waals surface area contributed by atoms with E-state index in [0.717, 1.165) is 5.69 Å². The number of aromatic nitrogens is 2. The highest BCUT2D eigenvalue weighted by atomic mass is 16.5. The van der Waals surface area contributed by atoms with E-state index in [2.05, 4.69) is 15.3 Å². The molecule has 0 aromatic carbocycles. The van der Waals surface area contributed by atoms with Gasteiger partial charge in [-0.2, -0.15) is 4.98 Å². The smallest absolute Gasteiger partial charge is 0.311 e. The van der Waals surface area contributed by atoms with E-state index in [0.29, 0.717) is 18.4 Å². The van der Waals surface area contributed by atoms with Crippen LogP contribution >= 0.6 is 0 Å². The van der Waals surface area contributed by atoms with Gasteiger partial charge in [0.15, 0.2) is 0 Å². The average molecular weight is 281 g/mol. The number of carboxylic acid groups (broad SMARTS) is 1. The molecule has 0 aliphatic carbocycles. The molecule has 0 radical (unpaired) electrons. The lowest BCUT2D eigenvalue weighted by Crippen LogP contribution is -2.33. The summed E-state index contributed by atoms with van der Waals surface area (Å²) in [6, 6.07) is 1.41. The van der Waals surface area contributed by atoms with Crippen LogP contribution in [0.25, 0.3) is 0 Å². The lowest BCUT2D eigenvalue weighted by atomic mass is 10.0. The minimum Gasteiger partial charge on any atom is -0.481 e. The predicted molar refractivity (Wildman–Crippen MR) is 71.9 cm³/mol. The van der Waals surface area contributed by atoms with Crippen molar-refractivity contribution in [2.75, 3.05) is 18.5 Å². The fourth-order valence-corrected chi connectivity index (χ4v) is 2.01. The van der Waals surface area contributed by atoms with E-state index in [9.17, 15) is 4.79 Å². The van der Waals surface area contributed by atoms with Crippen LogP contribution in [0.15, 0.2) is 6.07 Å². The maximum atomic E-state index is 11.1. The minimum atomic E-state index is -0.883. The Hall–Kier alpha value is -1.89. The second-order valence-corrected chi connectivity index (χ2v) is 5.07. The van der Waals surface area contributed by atoms with Crippen LogP contribution in [0.1, 0.15) is 19.5 Å². The number of carboxylic acids is 1. The SMILES string of the molecule is Cc1cc(OC(C)C)nc(NC2COCC2C(=O)O)n1. The van der Waals surface area contributed by atoms with Crippen molar-refractivity contribution in [2.45, 2.75) is 32.9 Å². The number of anilines is 1. The molecule has 1 aromatic rings. The van der Waals surface area contributed by atoms with E-state index in [1.54, 1.807) is 6.07 Å². The topological polar surface area (TPSA) is 93.6 Å². The first-order valence-electron chi connectivity index (χ1n) is 6.55. The van der Waals surface area contributed by atoms with Crippen molar-refractivity contribution in [2.24, 2.45) is 5.92 Å². The molecule has 1 aliphatic heterocycles. The van der Waals surface area contributed by atoms with Crippen LogP contribution in [0.3, 0.4) is 0 Å². The van der Waals surface area contributed by atoms with E-state index in [1.807, 2.05) is 20.8 Å². The molecule has 0 bridgehead atoms. The predicted octanol–water partition coefficient (Wildman–Crippen LogP) is 1.08.